The fourth-order valence-corrected chi connectivity index (χ4v) is 2.59. The zero-order chi connectivity index (χ0) is 14.0. The van der Waals surface area contributed by atoms with E-state index >= 15 is 0 Å². The van der Waals surface area contributed by atoms with Crippen molar-refractivity contribution in [3.8, 4) is 0 Å². The van der Waals surface area contributed by atoms with Crippen LogP contribution in [0.5, 0.6) is 0 Å². The molecule has 0 bridgehead atoms. The van der Waals surface area contributed by atoms with Gasteiger partial charge in [0.1, 0.15) is 5.82 Å². The average Bonchev–Trinajstić information content (AvgIpc) is 2.69. The number of hydrogen-bond acceptors (Lipinski definition) is 4. The van der Waals surface area contributed by atoms with Crippen LogP contribution in [0.2, 0.25) is 0 Å². The molecule has 2 heterocycles. The van der Waals surface area contributed by atoms with Crippen molar-refractivity contribution < 1.29 is 0 Å². The lowest BCUT2D eigenvalue weighted by molar-refractivity contribution is 0.494. The van der Waals surface area contributed by atoms with Crippen molar-refractivity contribution in [1.29, 1.82) is 0 Å². The van der Waals surface area contributed by atoms with Gasteiger partial charge in [0.25, 0.3) is 0 Å². The van der Waals surface area contributed by atoms with E-state index in [-0.39, 0.29) is 0 Å². The molecule has 0 radical (unpaired) electrons. The van der Waals surface area contributed by atoms with Gasteiger partial charge in [-0.1, -0.05) is 27.7 Å². The Balaban J connectivity index is 2.29. The number of rotatable bonds is 4. The van der Waals surface area contributed by atoms with E-state index in [1.807, 2.05) is 13.2 Å². The maximum atomic E-state index is 4.74. The van der Waals surface area contributed by atoms with Crippen LogP contribution in [-0.4, -0.2) is 30.1 Å². The molecule has 1 saturated heterocycles. The van der Waals surface area contributed by atoms with Crippen molar-refractivity contribution in [2.45, 2.75) is 40.2 Å². The minimum atomic E-state index is 0.376. The topological polar surface area (TPSA) is 41.1 Å². The Hall–Kier alpha value is -1.16. The van der Waals surface area contributed by atoms with Gasteiger partial charge in [-0.05, 0) is 18.9 Å². The molecular weight excluding hydrogens is 236 g/mol. The van der Waals surface area contributed by atoms with Crippen molar-refractivity contribution in [3.63, 3.8) is 0 Å². The first-order valence-electron chi connectivity index (χ1n) is 7.28. The first-order valence-corrected chi connectivity index (χ1v) is 7.28. The second-order valence-electron chi connectivity index (χ2n) is 6.10. The molecule has 1 aromatic heterocycles. The molecule has 4 nitrogen and oxygen atoms in total. The molecule has 2 rings (SSSR count). The maximum absolute atomic E-state index is 4.74. The lowest BCUT2D eigenvalue weighted by Gasteiger charge is -2.21. The third-order valence-corrected chi connectivity index (χ3v) is 4.05. The highest BCUT2D eigenvalue weighted by atomic mass is 15.2. The van der Waals surface area contributed by atoms with Gasteiger partial charge in [-0.25, -0.2) is 9.97 Å². The van der Waals surface area contributed by atoms with Gasteiger partial charge >= 0.3 is 0 Å². The molecule has 2 unspecified atom stereocenters. The third-order valence-electron chi connectivity index (χ3n) is 4.05. The van der Waals surface area contributed by atoms with Crippen LogP contribution in [0.25, 0.3) is 0 Å². The molecule has 1 aromatic rings. The third kappa shape index (κ3) is 3.06. The summed E-state index contributed by atoms with van der Waals surface area (Å²) >= 11 is 0. The molecular formula is C15H26N4. The summed E-state index contributed by atoms with van der Waals surface area (Å²) in [6.07, 6.45) is 2.01. The Bertz CT molecular complexity index is 420. The Kier molecular flexibility index (Phi) is 4.40. The van der Waals surface area contributed by atoms with Crippen LogP contribution in [0.1, 0.15) is 45.1 Å². The molecule has 0 amide bonds. The second kappa shape index (κ2) is 5.87. The summed E-state index contributed by atoms with van der Waals surface area (Å²) in [4.78, 5) is 11.7. The van der Waals surface area contributed by atoms with E-state index in [4.69, 9.17) is 4.98 Å². The summed E-state index contributed by atoms with van der Waals surface area (Å²) in [5.41, 5.74) is 2.33. The van der Waals surface area contributed by atoms with Crippen LogP contribution >= 0.6 is 0 Å². The molecule has 0 aliphatic carbocycles. The summed E-state index contributed by atoms with van der Waals surface area (Å²) in [5.74, 6) is 2.80. The quantitative estimate of drug-likeness (QED) is 0.904. The first kappa shape index (κ1) is 14.3. The molecule has 0 saturated carbocycles. The zero-order valence-electron chi connectivity index (χ0n) is 12.8. The largest absolute Gasteiger partial charge is 0.368 e. The highest BCUT2D eigenvalue weighted by Gasteiger charge is 2.28. The smallest absolute Gasteiger partial charge is 0.131 e. The lowest BCUT2D eigenvalue weighted by atomic mass is 10.0. The van der Waals surface area contributed by atoms with Crippen molar-refractivity contribution in [1.82, 2.24) is 15.3 Å². The molecule has 1 aliphatic heterocycles. The fraction of sp³-hybridized carbons (Fsp3) is 0.733. The molecule has 19 heavy (non-hydrogen) atoms. The van der Waals surface area contributed by atoms with Gasteiger partial charge in [0, 0.05) is 25.6 Å². The highest BCUT2D eigenvalue weighted by molar-refractivity contribution is 5.50. The van der Waals surface area contributed by atoms with Crippen LogP contribution in [0.3, 0.4) is 0 Å². The fourth-order valence-electron chi connectivity index (χ4n) is 2.59. The van der Waals surface area contributed by atoms with E-state index in [2.05, 4.69) is 42.9 Å². The van der Waals surface area contributed by atoms with E-state index in [0.29, 0.717) is 5.92 Å². The second-order valence-corrected chi connectivity index (χ2v) is 6.10. The zero-order valence-corrected chi connectivity index (χ0v) is 12.8. The van der Waals surface area contributed by atoms with Crippen molar-refractivity contribution in [2.75, 3.05) is 25.0 Å². The van der Waals surface area contributed by atoms with E-state index in [1.165, 1.54) is 5.69 Å². The Morgan fingerprint density at radius 1 is 1.32 bits per heavy atom. The molecule has 1 fully saturated rings. The molecule has 1 N–H and O–H groups in total. The lowest BCUT2D eigenvalue weighted by Crippen LogP contribution is -2.24. The molecule has 0 spiro atoms. The summed E-state index contributed by atoms with van der Waals surface area (Å²) in [7, 11) is 1.97. The predicted molar refractivity (Wildman–Crippen MR) is 79.4 cm³/mol. The predicted octanol–water partition coefficient (Wildman–Crippen LogP) is 2.41. The first-order chi connectivity index (χ1) is 9.02. The molecule has 4 heteroatoms. The molecule has 0 aromatic carbocycles. The van der Waals surface area contributed by atoms with Gasteiger partial charge in [-0.15, -0.1) is 0 Å². The molecule has 2 atom stereocenters. The van der Waals surface area contributed by atoms with Gasteiger partial charge in [-0.3, -0.25) is 0 Å². The van der Waals surface area contributed by atoms with Crippen molar-refractivity contribution in [3.05, 3.63) is 17.7 Å². The van der Waals surface area contributed by atoms with Crippen LogP contribution in [-0.2, 0) is 6.54 Å². The normalized spacial score (nSPS) is 23.4. The number of nitrogens with zero attached hydrogens (tertiary/aromatic N) is 3. The van der Waals surface area contributed by atoms with E-state index in [9.17, 15) is 0 Å². The van der Waals surface area contributed by atoms with E-state index < -0.39 is 0 Å². The van der Waals surface area contributed by atoms with Crippen LogP contribution in [0.15, 0.2) is 6.20 Å². The van der Waals surface area contributed by atoms with E-state index in [1.54, 1.807) is 0 Å². The van der Waals surface area contributed by atoms with Gasteiger partial charge in [0.05, 0.1) is 17.6 Å². The van der Waals surface area contributed by atoms with Crippen molar-refractivity contribution in [2.24, 2.45) is 11.8 Å². The van der Waals surface area contributed by atoms with Gasteiger partial charge in [0.15, 0.2) is 0 Å². The highest BCUT2D eigenvalue weighted by Crippen LogP contribution is 2.29. The minimum Gasteiger partial charge on any atom is -0.368 e. The average molecular weight is 262 g/mol. The molecule has 1 aliphatic rings. The minimum absolute atomic E-state index is 0.376. The maximum Gasteiger partial charge on any atom is 0.131 e. The number of nitrogens with one attached hydrogen (secondary N) is 1. The number of anilines is 1. The van der Waals surface area contributed by atoms with Gasteiger partial charge in [0.2, 0.25) is 0 Å². The Morgan fingerprint density at radius 3 is 2.47 bits per heavy atom. The van der Waals surface area contributed by atoms with Crippen LogP contribution in [0.4, 0.5) is 5.69 Å². The summed E-state index contributed by atoms with van der Waals surface area (Å²) in [6.45, 7) is 12.0. The number of hydrogen-bond donors (Lipinski definition) is 1. The van der Waals surface area contributed by atoms with Crippen LogP contribution < -0.4 is 10.2 Å². The van der Waals surface area contributed by atoms with E-state index in [0.717, 1.165) is 43.0 Å². The monoisotopic (exact) mass is 262 g/mol. The Labute approximate surface area is 116 Å². The summed E-state index contributed by atoms with van der Waals surface area (Å²) in [6, 6.07) is 0. The van der Waals surface area contributed by atoms with Gasteiger partial charge in [-0.2, -0.15) is 0 Å². The summed E-state index contributed by atoms with van der Waals surface area (Å²) in [5, 5.41) is 3.22. The van der Waals surface area contributed by atoms with Gasteiger partial charge < -0.3 is 10.2 Å². The van der Waals surface area contributed by atoms with Crippen molar-refractivity contribution >= 4 is 5.69 Å². The summed E-state index contributed by atoms with van der Waals surface area (Å²) < 4.78 is 0. The standard InChI is InChI=1S/C15H26N4/c1-10(2)15-17-7-14(13(18-15)6-16-5)19-8-11(3)12(4)9-19/h7,10-12,16H,6,8-9H2,1-5H3. The number of aromatic nitrogens is 2. The Morgan fingerprint density at radius 2 is 1.95 bits per heavy atom. The van der Waals surface area contributed by atoms with Crippen LogP contribution in [0, 0.1) is 11.8 Å². The molecule has 106 valence electrons. The SMILES string of the molecule is CNCc1nc(C(C)C)ncc1N1CC(C)C(C)C1.